The van der Waals surface area contributed by atoms with Crippen LogP contribution < -0.4 is 16.3 Å². The van der Waals surface area contributed by atoms with Gasteiger partial charge in [-0.25, -0.2) is 9.78 Å². The summed E-state index contributed by atoms with van der Waals surface area (Å²) < 4.78 is 6.84. The molecule has 1 saturated heterocycles. The van der Waals surface area contributed by atoms with Crippen molar-refractivity contribution < 1.29 is 18.8 Å². The second-order valence-electron chi connectivity index (χ2n) is 9.04. The highest BCUT2D eigenvalue weighted by molar-refractivity contribution is 7.99. The van der Waals surface area contributed by atoms with E-state index in [2.05, 4.69) is 22.7 Å². The van der Waals surface area contributed by atoms with Gasteiger partial charge in [0, 0.05) is 0 Å². The third kappa shape index (κ3) is 4.43. The number of thioether (sulfide) groups is 1. The van der Waals surface area contributed by atoms with Crippen LogP contribution in [0.15, 0.2) is 57.0 Å². The van der Waals surface area contributed by atoms with Gasteiger partial charge in [-0.05, 0) is 55.9 Å². The summed E-state index contributed by atoms with van der Waals surface area (Å²) in [6.45, 7) is 2.28. The molecule has 3 heterocycles. The topological polar surface area (TPSA) is 127 Å². The van der Waals surface area contributed by atoms with E-state index >= 15 is 0 Å². The fourth-order valence-electron chi connectivity index (χ4n) is 4.56. The molecular weight excluding hydrogens is 470 g/mol. The molecule has 1 aliphatic heterocycles. The maximum atomic E-state index is 13.1. The number of benzene rings is 1. The number of rotatable bonds is 6. The summed E-state index contributed by atoms with van der Waals surface area (Å²) >= 11 is 1.05. The molecule has 0 atom stereocenters. The minimum Gasteiger partial charge on any atom is -0.467 e. The number of amides is 4. The van der Waals surface area contributed by atoms with Crippen LogP contribution in [0.4, 0.5) is 4.79 Å². The van der Waals surface area contributed by atoms with E-state index in [1.54, 1.807) is 36.4 Å². The minimum atomic E-state index is -0.937. The Morgan fingerprint density at radius 3 is 2.71 bits per heavy atom. The van der Waals surface area contributed by atoms with Gasteiger partial charge in [0.1, 0.15) is 11.3 Å². The summed E-state index contributed by atoms with van der Waals surface area (Å²) in [5, 5.41) is 4.34. The number of fused-ring (bicyclic) bond motifs is 1. The molecule has 2 fully saturated rings. The monoisotopic (exact) mass is 495 g/mol. The van der Waals surface area contributed by atoms with Gasteiger partial charge >= 0.3 is 6.03 Å². The van der Waals surface area contributed by atoms with Crippen molar-refractivity contribution >= 4 is 40.5 Å². The van der Waals surface area contributed by atoms with Crippen molar-refractivity contribution in [2.24, 2.45) is 5.92 Å². The highest BCUT2D eigenvalue weighted by Gasteiger charge is 2.52. The van der Waals surface area contributed by atoms with Gasteiger partial charge in [0.15, 0.2) is 5.16 Å². The number of urea groups is 1. The van der Waals surface area contributed by atoms with Crippen LogP contribution in [-0.4, -0.2) is 43.7 Å². The Morgan fingerprint density at radius 2 is 1.97 bits per heavy atom. The van der Waals surface area contributed by atoms with E-state index in [1.807, 2.05) is 0 Å². The minimum absolute atomic E-state index is 0.149. The molecule has 1 saturated carbocycles. The van der Waals surface area contributed by atoms with E-state index in [-0.39, 0.29) is 17.9 Å². The fourth-order valence-corrected chi connectivity index (χ4v) is 5.35. The normalized spacial score (nSPS) is 22.1. The van der Waals surface area contributed by atoms with Gasteiger partial charge in [-0.1, -0.05) is 30.8 Å². The van der Waals surface area contributed by atoms with Gasteiger partial charge in [0.05, 0.1) is 29.5 Å². The zero-order chi connectivity index (χ0) is 24.6. The van der Waals surface area contributed by atoms with Crippen LogP contribution in [-0.2, 0) is 16.1 Å². The lowest BCUT2D eigenvalue weighted by atomic mass is 9.77. The smallest absolute Gasteiger partial charge is 0.344 e. The number of hydrogen-bond donors (Lipinski definition) is 2. The lowest BCUT2D eigenvalue weighted by Crippen LogP contribution is -2.51. The summed E-state index contributed by atoms with van der Waals surface area (Å²) in [5.41, 5.74) is 1.75. The highest BCUT2D eigenvalue weighted by Crippen LogP contribution is 2.35. The zero-order valence-electron chi connectivity index (χ0n) is 19.2. The third-order valence-corrected chi connectivity index (χ3v) is 7.56. The van der Waals surface area contributed by atoms with Crippen molar-refractivity contribution in [2.45, 2.75) is 49.8 Å². The molecule has 5 rings (SSSR count). The number of hydrazine groups is 1. The molecule has 2 aliphatic rings. The van der Waals surface area contributed by atoms with Gasteiger partial charge in [0.25, 0.3) is 11.5 Å². The second kappa shape index (κ2) is 9.21. The Bertz CT molecular complexity index is 1340. The van der Waals surface area contributed by atoms with E-state index < -0.39 is 23.4 Å². The standard InChI is InChI=1S/C24H25N5O5S/c1-15-8-10-24(11-9-15)21(32)29(22(33)26-24)27-19(30)14-35-23-25-18-7-3-2-6-17(18)20(31)28(23)13-16-5-4-12-34-16/h2-7,12,15H,8-11,13-14H2,1H3,(H,26,33)(H,27,30). The molecule has 0 radical (unpaired) electrons. The van der Waals surface area contributed by atoms with Gasteiger partial charge in [-0.15, -0.1) is 0 Å². The molecule has 4 amide bonds. The third-order valence-electron chi connectivity index (χ3n) is 6.58. The first kappa shape index (κ1) is 23.2. The molecular formula is C24H25N5O5S. The molecule has 3 aromatic rings. The molecule has 0 bridgehead atoms. The van der Waals surface area contributed by atoms with Crippen LogP contribution in [0.25, 0.3) is 10.9 Å². The molecule has 2 N–H and O–H groups in total. The Kier molecular flexibility index (Phi) is 6.10. The largest absolute Gasteiger partial charge is 0.467 e. The van der Waals surface area contributed by atoms with Crippen LogP contribution >= 0.6 is 11.8 Å². The van der Waals surface area contributed by atoms with Crippen molar-refractivity contribution in [2.75, 3.05) is 5.75 Å². The van der Waals surface area contributed by atoms with Gasteiger partial charge < -0.3 is 9.73 Å². The van der Waals surface area contributed by atoms with Crippen molar-refractivity contribution in [3.8, 4) is 0 Å². The first-order valence-corrected chi connectivity index (χ1v) is 12.5. The van der Waals surface area contributed by atoms with Crippen molar-refractivity contribution in [3.63, 3.8) is 0 Å². The molecule has 1 spiro atoms. The average Bonchev–Trinajstić information content (AvgIpc) is 3.44. The predicted molar refractivity (Wildman–Crippen MR) is 128 cm³/mol. The van der Waals surface area contributed by atoms with Gasteiger partial charge in [0.2, 0.25) is 5.91 Å². The van der Waals surface area contributed by atoms with Crippen LogP contribution in [0.2, 0.25) is 0 Å². The van der Waals surface area contributed by atoms with Crippen LogP contribution in [0, 0.1) is 5.92 Å². The summed E-state index contributed by atoms with van der Waals surface area (Å²) in [5.74, 6) is -0.0529. The highest BCUT2D eigenvalue weighted by atomic mass is 32.2. The molecule has 10 nitrogen and oxygen atoms in total. The summed E-state index contributed by atoms with van der Waals surface area (Å²) in [6.07, 6.45) is 4.31. The van der Waals surface area contributed by atoms with E-state index in [0.29, 0.717) is 40.6 Å². The van der Waals surface area contributed by atoms with Gasteiger partial charge in [-0.2, -0.15) is 5.01 Å². The number of furan rings is 1. The molecule has 2 aromatic heterocycles. The molecule has 182 valence electrons. The number of carbonyl (C=O) groups is 3. The number of para-hydroxylation sites is 1. The SMILES string of the molecule is CC1CCC2(CC1)NC(=O)N(NC(=O)CSc1nc3ccccc3c(=O)n1Cc1ccco1)C2=O. The average molecular weight is 496 g/mol. The lowest BCUT2D eigenvalue weighted by molar-refractivity contribution is -0.139. The van der Waals surface area contributed by atoms with Crippen LogP contribution in [0.5, 0.6) is 0 Å². The number of nitrogens with zero attached hydrogens (tertiary/aromatic N) is 3. The number of imide groups is 1. The Hall–Kier alpha value is -3.60. The molecule has 35 heavy (non-hydrogen) atoms. The Labute approximate surface area is 205 Å². The van der Waals surface area contributed by atoms with E-state index in [9.17, 15) is 19.2 Å². The van der Waals surface area contributed by atoms with Gasteiger partial charge in [-0.3, -0.25) is 24.4 Å². The van der Waals surface area contributed by atoms with Crippen LogP contribution in [0.3, 0.4) is 0 Å². The first-order valence-electron chi connectivity index (χ1n) is 11.5. The number of aromatic nitrogens is 2. The number of carbonyl (C=O) groups excluding carboxylic acids is 3. The summed E-state index contributed by atoms with van der Waals surface area (Å²) in [4.78, 5) is 55.9. The fraction of sp³-hybridized carbons (Fsp3) is 0.375. The molecule has 1 aromatic carbocycles. The van der Waals surface area contributed by atoms with Crippen molar-refractivity contribution in [3.05, 3.63) is 58.8 Å². The van der Waals surface area contributed by atoms with Crippen molar-refractivity contribution in [1.82, 2.24) is 25.3 Å². The Morgan fingerprint density at radius 1 is 1.20 bits per heavy atom. The molecule has 0 unspecified atom stereocenters. The second-order valence-corrected chi connectivity index (χ2v) is 9.98. The molecule has 1 aliphatic carbocycles. The maximum Gasteiger partial charge on any atom is 0.344 e. The quantitative estimate of drug-likeness (QED) is 0.306. The number of hydrogen-bond acceptors (Lipinski definition) is 7. The van der Waals surface area contributed by atoms with Crippen molar-refractivity contribution in [1.29, 1.82) is 0 Å². The first-order chi connectivity index (χ1) is 16.9. The molecule has 11 heteroatoms. The van der Waals surface area contributed by atoms with E-state index in [0.717, 1.165) is 29.6 Å². The van der Waals surface area contributed by atoms with Crippen LogP contribution in [0.1, 0.15) is 38.4 Å². The lowest BCUT2D eigenvalue weighted by Gasteiger charge is -2.33. The Balaban J connectivity index is 1.32. The predicted octanol–water partition coefficient (Wildman–Crippen LogP) is 2.66. The maximum absolute atomic E-state index is 13.1. The van der Waals surface area contributed by atoms with E-state index in [4.69, 9.17) is 4.42 Å². The number of nitrogens with one attached hydrogen (secondary N) is 2. The summed E-state index contributed by atoms with van der Waals surface area (Å²) in [7, 11) is 0. The summed E-state index contributed by atoms with van der Waals surface area (Å²) in [6, 6.07) is 9.84. The van der Waals surface area contributed by atoms with E-state index in [1.165, 1.54) is 10.8 Å². The zero-order valence-corrected chi connectivity index (χ0v) is 20.0.